The minimum absolute atomic E-state index is 0.0677. The number of benzene rings is 2. The van der Waals surface area contributed by atoms with Crippen LogP contribution in [0.4, 0.5) is 5.69 Å². The number of rotatable bonds is 7. The molecule has 0 radical (unpaired) electrons. The van der Waals surface area contributed by atoms with Crippen LogP contribution in [-0.4, -0.2) is 27.9 Å². The number of nitrogens with one attached hydrogen (secondary N) is 2. The van der Waals surface area contributed by atoms with Gasteiger partial charge in [-0.15, -0.1) is 0 Å². The van der Waals surface area contributed by atoms with Gasteiger partial charge in [-0.2, -0.15) is 0 Å². The molecule has 0 spiro atoms. The molecular weight excluding hydrogens is 468 g/mol. The van der Waals surface area contributed by atoms with E-state index in [1.165, 1.54) is 11.8 Å². The normalized spacial score (nSPS) is 18.1. The average molecular weight is 495 g/mol. The van der Waals surface area contributed by atoms with Gasteiger partial charge in [0.05, 0.1) is 23.7 Å². The number of thioether (sulfide) groups is 1. The Morgan fingerprint density at radius 2 is 1.85 bits per heavy atom. The number of nitrogens with zero attached hydrogens (tertiary/aromatic N) is 2. The van der Waals surface area contributed by atoms with E-state index in [0.29, 0.717) is 22.0 Å². The number of carbonyl (C=O) groups is 2. The summed E-state index contributed by atoms with van der Waals surface area (Å²) in [6, 6.07) is 16.4. The maximum absolute atomic E-state index is 13.6. The maximum atomic E-state index is 13.6. The number of anilines is 1. The first kappa shape index (κ1) is 24.1. The lowest BCUT2D eigenvalue weighted by molar-refractivity contribution is -0.121. The zero-order valence-corrected chi connectivity index (χ0v) is 20.9. The molecule has 176 valence electrons. The lowest BCUT2D eigenvalue weighted by Crippen LogP contribution is -2.39. The molecule has 2 amide bonds. The molecule has 2 atom stereocenters. The van der Waals surface area contributed by atoms with Crippen LogP contribution in [0.5, 0.6) is 0 Å². The predicted octanol–water partition coefficient (Wildman–Crippen LogP) is 5.86. The number of para-hydroxylation sites is 1. The number of carbonyl (C=O) groups excluding carboxylic acids is 2. The number of hydrogen-bond acceptors (Lipinski definition) is 5. The van der Waals surface area contributed by atoms with Crippen LogP contribution in [0.15, 0.2) is 82.0 Å². The molecule has 34 heavy (non-hydrogen) atoms. The first-order valence-corrected chi connectivity index (χ1v) is 12.5. The van der Waals surface area contributed by atoms with E-state index < -0.39 is 6.04 Å². The Balaban J connectivity index is 1.72. The van der Waals surface area contributed by atoms with Gasteiger partial charge in [0.25, 0.3) is 5.91 Å². The third-order valence-corrected chi connectivity index (χ3v) is 7.07. The summed E-state index contributed by atoms with van der Waals surface area (Å²) in [5.41, 5.74) is 3.38. The van der Waals surface area contributed by atoms with Crippen LogP contribution >= 0.6 is 23.4 Å². The summed E-state index contributed by atoms with van der Waals surface area (Å²) in [5.74, 6) is -0.321. The van der Waals surface area contributed by atoms with Crippen molar-refractivity contribution in [2.75, 3.05) is 5.32 Å². The number of halogens is 1. The number of hydrogen-bond donors (Lipinski definition) is 2. The van der Waals surface area contributed by atoms with Crippen molar-refractivity contribution in [3.63, 3.8) is 0 Å². The molecule has 2 unspecified atom stereocenters. The van der Waals surface area contributed by atoms with Gasteiger partial charge in [-0.25, -0.2) is 4.99 Å². The molecule has 0 fully saturated rings. The van der Waals surface area contributed by atoms with Crippen molar-refractivity contribution >= 4 is 46.0 Å². The van der Waals surface area contributed by atoms with Crippen molar-refractivity contribution in [2.45, 2.75) is 45.7 Å². The fraction of sp³-hybridized carbons (Fsp3) is 0.269. The van der Waals surface area contributed by atoms with Crippen LogP contribution in [0.1, 0.15) is 45.2 Å². The lowest BCUT2D eigenvalue weighted by Gasteiger charge is -2.37. The van der Waals surface area contributed by atoms with Crippen LogP contribution in [0.3, 0.4) is 0 Å². The van der Waals surface area contributed by atoms with Crippen molar-refractivity contribution in [3.8, 4) is 0 Å². The quantitative estimate of drug-likeness (QED) is 0.505. The standard InChI is InChI=1S/C26H27ClN4O2S/c1-4-16(2)28-22(32)14-19-15-34-26-29-17(3)23(25(33)30-18-10-6-5-7-11-18)24(31(19)26)20-12-8-9-13-21(20)27/h5-13,15-16,24H,4,14H2,1-3H3,(H,28,32)(H,30,33). The summed E-state index contributed by atoms with van der Waals surface area (Å²) >= 11 is 8.09. The molecule has 2 N–H and O–H groups in total. The highest BCUT2D eigenvalue weighted by atomic mass is 35.5. The molecule has 6 nitrogen and oxygen atoms in total. The molecule has 2 aromatic carbocycles. The molecule has 0 saturated heterocycles. The Bertz CT molecular complexity index is 1190. The van der Waals surface area contributed by atoms with Gasteiger partial charge in [-0.1, -0.05) is 66.7 Å². The van der Waals surface area contributed by atoms with Crippen molar-refractivity contribution < 1.29 is 9.59 Å². The van der Waals surface area contributed by atoms with Gasteiger partial charge in [-0.3, -0.25) is 9.59 Å². The molecule has 0 bridgehead atoms. The summed E-state index contributed by atoms with van der Waals surface area (Å²) in [6.07, 6.45) is 1.04. The van der Waals surface area contributed by atoms with Gasteiger partial charge in [0.15, 0.2) is 5.17 Å². The number of aliphatic imine (C=N–C) groups is 1. The Kier molecular flexibility index (Phi) is 7.44. The molecule has 8 heteroatoms. The molecule has 2 aromatic rings. The fourth-order valence-corrected chi connectivity index (χ4v) is 5.17. The van der Waals surface area contributed by atoms with E-state index in [9.17, 15) is 9.59 Å². The molecule has 2 aliphatic rings. The minimum Gasteiger partial charge on any atom is -0.353 e. The first-order chi connectivity index (χ1) is 16.4. The van der Waals surface area contributed by atoms with E-state index in [4.69, 9.17) is 16.6 Å². The first-order valence-electron chi connectivity index (χ1n) is 11.2. The van der Waals surface area contributed by atoms with Crippen LogP contribution in [0, 0.1) is 0 Å². The molecule has 2 heterocycles. The van der Waals surface area contributed by atoms with Gasteiger partial charge in [0.2, 0.25) is 5.91 Å². The Morgan fingerprint density at radius 1 is 1.15 bits per heavy atom. The van der Waals surface area contributed by atoms with Crippen LogP contribution in [-0.2, 0) is 9.59 Å². The second kappa shape index (κ2) is 10.5. The number of amides is 2. The predicted molar refractivity (Wildman–Crippen MR) is 139 cm³/mol. The van der Waals surface area contributed by atoms with Crippen LogP contribution in [0.2, 0.25) is 5.02 Å². The van der Waals surface area contributed by atoms with Crippen LogP contribution in [0.25, 0.3) is 0 Å². The molecule has 2 aliphatic heterocycles. The summed E-state index contributed by atoms with van der Waals surface area (Å²) in [4.78, 5) is 33.0. The Hall–Kier alpha value is -3.03. The number of allylic oxidation sites excluding steroid dienone is 1. The van der Waals surface area contributed by atoms with E-state index >= 15 is 0 Å². The third-order valence-electron chi connectivity index (χ3n) is 5.84. The topological polar surface area (TPSA) is 73.8 Å². The highest BCUT2D eigenvalue weighted by molar-refractivity contribution is 8.16. The zero-order valence-electron chi connectivity index (χ0n) is 19.3. The largest absolute Gasteiger partial charge is 0.353 e. The van der Waals surface area contributed by atoms with Crippen LogP contribution < -0.4 is 10.6 Å². The van der Waals surface area contributed by atoms with Crippen molar-refractivity contribution in [3.05, 3.63) is 87.6 Å². The molecule has 4 rings (SSSR count). The number of amidine groups is 1. The third kappa shape index (κ3) is 5.05. The molecule has 0 aromatic heterocycles. The van der Waals surface area contributed by atoms with E-state index in [0.717, 1.165) is 22.8 Å². The summed E-state index contributed by atoms with van der Waals surface area (Å²) in [7, 11) is 0. The van der Waals surface area contributed by atoms with E-state index in [1.54, 1.807) is 0 Å². The summed E-state index contributed by atoms with van der Waals surface area (Å²) in [5, 5.41) is 9.22. The average Bonchev–Trinajstić information content (AvgIpc) is 3.20. The van der Waals surface area contributed by atoms with Gasteiger partial charge in [0, 0.05) is 22.4 Å². The molecule has 0 aliphatic carbocycles. The van der Waals surface area contributed by atoms with Gasteiger partial charge < -0.3 is 15.5 Å². The smallest absolute Gasteiger partial charge is 0.255 e. The second-order valence-corrected chi connectivity index (χ2v) is 9.53. The van der Waals surface area contributed by atoms with Crippen molar-refractivity contribution in [1.29, 1.82) is 0 Å². The zero-order chi connectivity index (χ0) is 24.2. The molecular formula is C26H27ClN4O2S. The minimum atomic E-state index is -0.512. The maximum Gasteiger partial charge on any atom is 0.255 e. The van der Waals surface area contributed by atoms with Gasteiger partial charge >= 0.3 is 0 Å². The van der Waals surface area contributed by atoms with Gasteiger partial charge in [0.1, 0.15) is 0 Å². The van der Waals surface area contributed by atoms with Gasteiger partial charge in [-0.05, 0) is 49.4 Å². The summed E-state index contributed by atoms with van der Waals surface area (Å²) < 4.78 is 0. The van der Waals surface area contributed by atoms with E-state index in [-0.39, 0.29) is 24.3 Å². The summed E-state index contributed by atoms with van der Waals surface area (Å²) in [6.45, 7) is 5.85. The monoisotopic (exact) mass is 494 g/mol. The lowest BCUT2D eigenvalue weighted by atomic mass is 9.93. The molecule has 0 saturated carbocycles. The van der Waals surface area contributed by atoms with E-state index in [1.807, 2.05) is 85.7 Å². The second-order valence-electron chi connectivity index (χ2n) is 8.29. The highest BCUT2D eigenvalue weighted by Crippen LogP contribution is 2.46. The highest BCUT2D eigenvalue weighted by Gasteiger charge is 2.41. The Labute approximate surface area is 209 Å². The SMILES string of the molecule is CCC(C)NC(=O)CC1=CSC2=NC(C)=C(C(=O)Nc3ccccc3)C(c3ccccc3Cl)N12. The Morgan fingerprint density at radius 3 is 2.56 bits per heavy atom. The van der Waals surface area contributed by atoms with Crippen molar-refractivity contribution in [2.24, 2.45) is 4.99 Å². The van der Waals surface area contributed by atoms with Crippen molar-refractivity contribution in [1.82, 2.24) is 10.2 Å². The fourth-order valence-electron chi connectivity index (χ4n) is 3.96. The number of fused-ring (bicyclic) bond motifs is 1. The van der Waals surface area contributed by atoms with E-state index in [2.05, 4.69) is 10.6 Å².